The van der Waals surface area contributed by atoms with Gasteiger partial charge in [-0.15, -0.1) is 0 Å². The zero-order chi connectivity index (χ0) is 29.5. The van der Waals surface area contributed by atoms with Crippen molar-refractivity contribution < 1.29 is 9.47 Å². The SMILES string of the molecule is CCCCN1c2ccc(/C=C(\C#N)c3ccc(OC)cc3)cc2Sc2c(/C=C(\C#N)c3ccc(OC)cc3)cccc21. The summed E-state index contributed by atoms with van der Waals surface area (Å²) in [6.07, 6.45) is 6.03. The third-order valence-electron chi connectivity index (χ3n) is 7.19. The molecular weight excluding hydrogens is 538 g/mol. The van der Waals surface area contributed by atoms with E-state index in [1.165, 1.54) is 0 Å². The van der Waals surface area contributed by atoms with Crippen LogP contribution in [-0.2, 0) is 0 Å². The van der Waals surface area contributed by atoms with Crippen molar-refractivity contribution in [3.63, 3.8) is 0 Å². The molecule has 0 N–H and O–H groups in total. The quantitative estimate of drug-likeness (QED) is 0.148. The lowest BCUT2D eigenvalue weighted by molar-refractivity contribution is 0.414. The summed E-state index contributed by atoms with van der Waals surface area (Å²) < 4.78 is 10.6. The Bertz CT molecular complexity index is 1730. The van der Waals surface area contributed by atoms with E-state index in [2.05, 4.69) is 60.4 Å². The Morgan fingerprint density at radius 2 is 1.40 bits per heavy atom. The fourth-order valence-electron chi connectivity index (χ4n) is 4.93. The number of nitrogens with zero attached hydrogens (tertiary/aromatic N) is 3. The Morgan fingerprint density at radius 1 is 0.786 bits per heavy atom. The molecule has 0 spiro atoms. The van der Waals surface area contributed by atoms with Crippen LogP contribution in [0.1, 0.15) is 42.0 Å². The fraction of sp³-hybridized carbons (Fsp3) is 0.167. The van der Waals surface area contributed by atoms with Gasteiger partial charge < -0.3 is 14.4 Å². The summed E-state index contributed by atoms with van der Waals surface area (Å²) in [4.78, 5) is 4.60. The van der Waals surface area contributed by atoms with Crippen molar-refractivity contribution in [1.29, 1.82) is 10.5 Å². The largest absolute Gasteiger partial charge is 0.497 e. The number of allylic oxidation sites excluding steroid dienone is 2. The summed E-state index contributed by atoms with van der Waals surface area (Å²) >= 11 is 1.71. The highest BCUT2D eigenvalue weighted by atomic mass is 32.2. The second-order valence-corrected chi connectivity index (χ2v) is 10.9. The molecule has 0 saturated heterocycles. The number of unbranched alkanes of at least 4 members (excludes halogenated alkanes) is 1. The van der Waals surface area contributed by atoms with Crippen LogP contribution >= 0.6 is 11.8 Å². The Labute approximate surface area is 251 Å². The van der Waals surface area contributed by atoms with Gasteiger partial charge in [0.1, 0.15) is 11.5 Å². The van der Waals surface area contributed by atoms with Crippen LogP contribution in [-0.4, -0.2) is 20.8 Å². The van der Waals surface area contributed by atoms with Gasteiger partial charge in [-0.25, -0.2) is 0 Å². The van der Waals surface area contributed by atoms with Crippen LogP contribution in [0, 0.1) is 22.7 Å². The monoisotopic (exact) mass is 569 g/mol. The van der Waals surface area contributed by atoms with E-state index in [1.54, 1.807) is 26.0 Å². The van der Waals surface area contributed by atoms with E-state index in [0.29, 0.717) is 11.1 Å². The lowest BCUT2D eigenvalue weighted by atomic mass is 10.0. The molecule has 4 aromatic rings. The zero-order valence-electron chi connectivity index (χ0n) is 23.9. The Hall–Kier alpha value is -4.91. The first kappa shape index (κ1) is 28.6. The molecule has 42 heavy (non-hydrogen) atoms. The van der Waals surface area contributed by atoms with E-state index in [1.807, 2.05) is 60.7 Å². The van der Waals surface area contributed by atoms with Gasteiger partial charge in [0.2, 0.25) is 0 Å². The highest BCUT2D eigenvalue weighted by molar-refractivity contribution is 7.99. The third-order valence-corrected chi connectivity index (χ3v) is 8.39. The van der Waals surface area contributed by atoms with Gasteiger partial charge in [-0.2, -0.15) is 10.5 Å². The predicted octanol–water partition coefficient (Wildman–Crippen LogP) is 9.23. The molecule has 1 aliphatic rings. The number of hydrogen-bond donors (Lipinski definition) is 0. The average Bonchev–Trinajstić information content (AvgIpc) is 3.04. The smallest absolute Gasteiger partial charge is 0.118 e. The minimum atomic E-state index is 0.587. The zero-order valence-corrected chi connectivity index (χ0v) is 24.7. The molecule has 0 atom stereocenters. The summed E-state index contributed by atoms with van der Waals surface area (Å²) in [5.74, 6) is 1.51. The third kappa shape index (κ3) is 6.05. The van der Waals surface area contributed by atoms with E-state index >= 15 is 0 Å². The van der Waals surface area contributed by atoms with Crippen LogP contribution in [0.4, 0.5) is 11.4 Å². The molecule has 1 heterocycles. The first-order valence-electron chi connectivity index (χ1n) is 13.8. The molecule has 5 nitrogen and oxygen atoms in total. The second-order valence-electron chi connectivity index (χ2n) is 9.83. The Balaban J connectivity index is 1.56. The van der Waals surface area contributed by atoms with Gasteiger partial charge in [0, 0.05) is 16.3 Å². The standard InChI is InChI=1S/C36H31N3O2S/c1-4-5-19-39-33-18-9-25(20-29(23-37)26-10-14-31(40-2)15-11-26)21-35(33)42-36-28(7-6-8-34(36)39)22-30(24-38)27-12-16-32(41-3)17-13-27/h6-18,20-22H,4-5,19H2,1-3H3/b29-20+,30-22+. The number of nitriles is 2. The summed E-state index contributed by atoms with van der Waals surface area (Å²) in [6, 6.07) is 32.5. The minimum Gasteiger partial charge on any atom is -0.497 e. The summed E-state index contributed by atoms with van der Waals surface area (Å²) in [7, 11) is 3.26. The van der Waals surface area contributed by atoms with Crippen LogP contribution in [0.15, 0.2) is 94.7 Å². The maximum Gasteiger partial charge on any atom is 0.118 e. The van der Waals surface area contributed by atoms with Crippen molar-refractivity contribution in [3.8, 4) is 23.6 Å². The molecule has 0 amide bonds. The van der Waals surface area contributed by atoms with Crippen LogP contribution in [0.5, 0.6) is 11.5 Å². The van der Waals surface area contributed by atoms with Crippen molar-refractivity contribution in [2.75, 3.05) is 25.7 Å². The topological polar surface area (TPSA) is 69.3 Å². The second kappa shape index (κ2) is 13.2. The van der Waals surface area contributed by atoms with Crippen molar-refractivity contribution >= 4 is 46.4 Å². The van der Waals surface area contributed by atoms with E-state index in [-0.39, 0.29) is 0 Å². The maximum atomic E-state index is 10.1. The van der Waals surface area contributed by atoms with Gasteiger partial charge in [0.15, 0.2) is 0 Å². The van der Waals surface area contributed by atoms with Gasteiger partial charge >= 0.3 is 0 Å². The van der Waals surface area contributed by atoms with Crippen molar-refractivity contribution in [2.45, 2.75) is 29.6 Å². The average molecular weight is 570 g/mol. The van der Waals surface area contributed by atoms with E-state index in [0.717, 1.165) is 74.3 Å². The van der Waals surface area contributed by atoms with Crippen molar-refractivity contribution in [1.82, 2.24) is 0 Å². The first-order chi connectivity index (χ1) is 20.6. The van der Waals surface area contributed by atoms with Crippen LogP contribution in [0.25, 0.3) is 23.3 Å². The normalized spacial score (nSPS) is 12.5. The molecule has 1 aliphatic heterocycles. The number of anilines is 2. The van der Waals surface area contributed by atoms with Crippen LogP contribution < -0.4 is 14.4 Å². The highest BCUT2D eigenvalue weighted by Crippen LogP contribution is 2.50. The highest BCUT2D eigenvalue weighted by Gasteiger charge is 2.25. The predicted molar refractivity (Wildman–Crippen MR) is 172 cm³/mol. The molecule has 0 fully saturated rings. The molecule has 0 saturated carbocycles. The van der Waals surface area contributed by atoms with Crippen LogP contribution in [0.3, 0.4) is 0 Å². The van der Waals surface area contributed by atoms with Gasteiger partial charge in [0.25, 0.3) is 0 Å². The first-order valence-corrected chi connectivity index (χ1v) is 14.6. The van der Waals surface area contributed by atoms with Crippen LogP contribution in [0.2, 0.25) is 0 Å². The van der Waals surface area contributed by atoms with E-state index in [4.69, 9.17) is 9.47 Å². The van der Waals surface area contributed by atoms with Gasteiger partial charge in [-0.1, -0.05) is 43.3 Å². The number of fused-ring (bicyclic) bond motifs is 2. The minimum absolute atomic E-state index is 0.587. The maximum absolute atomic E-state index is 10.1. The Morgan fingerprint density at radius 3 is 1.98 bits per heavy atom. The van der Waals surface area contributed by atoms with Crippen molar-refractivity contribution in [2.24, 2.45) is 0 Å². The summed E-state index contributed by atoms with van der Waals surface area (Å²) in [6.45, 7) is 3.09. The molecule has 0 radical (unpaired) electrons. The van der Waals surface area contributed by atoms with Gasteiger partial charge in [-0.05, 0) is 108 Å². The summed E-state index contributed by atoms with van der Waals surface area (Å²) in [5, 5.41) is 20.0. The summed E-state index contributed by atoms with van der Waals surface area (Å²) in [5.41, 5.74) is 7.10. The van der Waals surface area contributed by atoms with Gasteiger partial charge in [-0.3, -0.25) is 0 Å². The molecule has 6 heteroatoms. The molecule has 4 aromatic carbocycles. The molecule has 208 valence electrons. The molecule has 0 unspecified atom stereocenters. The lowest BCUT2D eigenvalue weighted by Gasteiger charge is -2.34. The number of ether oxygens (including phenoxy) is 2. The molecule has 0 aliphatic carbocycles. The number of benzene rings is 4. The molecule has 0 aromatic heterocycles. The molecular formula is C36H31N3O2S. The lowest BCUT2D eigenvalue weighted by Crippen LogP contribution is -2.22. The van der Waals surface area contributed by atoms with Crippen molar-refractivity contribution in [3.05, 3.63) is 107 Å². The number of rotatable bonds is 9. The van der Waals surface area contributed by atoms with E-state index < -0.39 is 0 Å². The molecule has 5 rings (SSSR count). The molecule has 0 bridgehead atoms. The van der Waals surface area contributed by atoms with E-state index in [9.17, 15) is 10.5 Å². The number of methoxy groups -OCH3 is 2. The fourth-order valence-corrected chi connectivity index (χ4v) is 6.15. The van der Waals surface area contributed by atoms with Gasteiger partial charge in [0.05, 0.1) is 48.9 Å². The Kier molecular flexibility index (Phi) is 8.97. The number of hydrogen-bond acceptors (Lipinski definition) is 6.